The highest BCUT2D eigenvalue weighted by Crippen LogP contribution is 2.44. The Hall–Kier alpha value is -1.62. The Morgan fingerprint density at radius 2 is 2.18 bits per heavy atom. The van der Waals surface area contributed by atoms with Crippen LogP contribution in [0.15, 0.2) is 18.3 Å². The third kappa shape index (κ3) is 1.76. The van der Waals surface area contributed by atoms with Crippen LogP contribution in [0.4, 0.5) is 5.69 Å². The van der Waals surface area contributed by atoms with E-state index in [0.717, 1.165) is 12.8 Å². The molecule has 3 N–H and O–H groups in total. The number of carbonyl (C=O) groups excluding carboxylic acids is 1. The third-order valence-electron chi connectivity index (χ3n) is 3.56. The molecule has 5 heteroatoms. The number of hydrogen-bond donors (Lipinski definition) is 2. The zero-order valence-corrected chi connectivity index (χ0v) is 9.47. The molecule has 1 saturated heterocycles. The molecule has 0 bridgehead atoms. The summed E-state index contributed by atoms with van der Waals surface area (Å²) in [6.07, 6.45) is 3.64. The fourth-order valence-electron chi connectivity index (χ4n) is 2.33. The zero-order valence-electron chi connectivity index (χ0n) is 9.47. The van der Waals surface area contributed by atoms with Crippen molar-refractivity contribution in [3.05, 3.63) is 24.0 Å². The summed E-state index contributed by atoms with van der Waals surface area (Å²) >= 11 is 0. The number of nitrogen functional groups attached to an aromatic ring is 1. The number of aromatic nitrogens is 1. The standard InChI is InChI=1S/C12H15N3O2/c13-9-3-4-10(14-5-9)11(16)15-6-12(17,7-15)8-1-2-8/h3-5,8,17H,1-2,6-7,13H2. The Bertz CT molecular complexity index is 447. The Morgan fingerprint density at radius 1 is 1.47 bits per heavy atom. The summed E-state index contributed by atoms with van der Waals surface area (Å²) in [5.41, 5.74) is 5.81. The first-order valence-corrected chi connectivity index (χ1v) is 5.82. The summed E-state index contributed by atoms with van der Waals surface area (Å²) < 4.78 is 0. The van der Waals surface area contributed by atoms with Crippen LogP contribution in [0.2, 0.25) is 0 Å². The Labute approximate surface area is 99.2 Å². The van der Waals surface area contributed by atoms with Gasteiger partial charge in [0.05, 0.1) is 25.0 Å². The maximum Gasteiger partial charge on any atom is 0.272 e. The predicted molar refractivity (Wildman–Crippen MR) is 62.2 cm³/mol. The molecule has 0 aromatic carbocycles. The molecule has 17 heavy (non-hydrogen) atoms. The van der Waals surface area contributed by atoms with E-state index in [1.54, 1.807) is 17.0 Å². The number of hydrogen-bond acceptors (Lipinski definition) is 4. The number of amides is 1. The van der Waals surface area contributed by atoms with Crippen LogP contribution >= 0.6 is 0 Å². The average Bonchev–Trinajstić information content (AvgIpc) is 3.09. The van der Waals surface area contributed by atoms with E-state index in [1.165, 1.54) is 6.20 Å². The predicted octanol–water partition coefficient (Wildman–Crippen LogP) is 0.261. The highest BCUT2D eigenvalue weighted by Gasteiger charge is 2.53. The van der Waals surface area contributed by atoms with E-state index < -0.39 is 5.60 Å². The SMILES string of the molecule is Nc1ccc(C(=O)N2CC(O)(C3CC3)C2)nc1. The molecule has 5 nitrogen and oxygen atoms in total. The monoisotopic (exact) mass is 233 g/mol. The number of rotatable bonds is 2. The molecular weight excluding hydrogens is 218 g/mol. The summed E-state index contributed by atoms with van der Waals surface area (Å²) in [6.45, 7) is 0.866. The van der Waals surface area contributed by atoms with Gasteiger partial charge in [-0.05, 0) is 30.9 Å². The van der Waals surface area contributed by atoms with Crippen molar-refractivity contribution in [3.63, 3.8) is 0 Å². The third-order valence-corrected chi connectivity index (χ3v) is 3.56. The van der Waals surface area contributed by atoms with Gasteiger partial charge in [-0.2, -0.15) is 0 Å². The summed E-state index contributed by atoms with van der Waals surface area (Å²) in [5.74, 6) is 0.265. The quantitative estimate of drug-likeness (QED) is 0.768. The van der Waals surface area contributed by atoms with Gasteiger partial charge in [-0.3, -0.25) is 4.79 Å². The molecule has 1 amide bonds. The molecule has 2 fully saturated rings. The molecule has 1 aliphatic carbocycles. The summed E-state index contributed by atoms with van der Waals surface area (Å²) in [4.78, 5) is 17.6. The fraction of sp³-hybridized carbons (Fsp3) is 0.500. The van der Waals surface area contributed by atoms with Crippen LogP contribution < -0.4 is 5.73 Å². The second kappa shape index (κ2) is 3.43. The van der Waals surface area contributed by atoms with Gasteiger partial charge in [0, 0.05) is 0 Å². The van der Waals surface area contributed by atoms with Crippen molar-refractivity contribution in [2.45, 2.75) is 18.4 Å². The normalized spacial score (nSPS) is 22.1. The van der Waals surface area contributed by atoms with Gasteiger partial charge in [-0.15, -0.1) is 0 Å². The Balaban J connectivity index is 1.66. The number of β-amino-alcohol motifs (C(OH)–C–C–N with tert-alkyl or cyclic N) is 1. The van der Waals surface area contributed by atoms with Crippen molar-refractivity contribution in [2.24, 2.45) is 5.92 Å². The smallest absolute Gasteiger partial charge is 0.272 e. The number of likely N-dealkylation sites (tertiary alicyclic amines) is 1. The number of pyridine rings is 1. The molecule has 1 aliphatic heterocycles. The molecular formula is C12H15N3O2. The van der Waals surface area contributed by atoms with E-state index in [1.807, 2.05) is 0 Å². The van der Waals surface area contributed by atoms with Crippen LogP contribution in [0.1, 0.15) is 23.3 Å². The van der Waals surface area contributed by atoms with E-state index in [2.05, 4.69) is 4.98 Å². The number of aliphatic hydroxyl groups is 1. The minimum absolute atomic E-state index is 0.129. The molecule has 3 rings (SSSR count). The Kier molecular flexibility index (Phi) is 2.13. The van der Waals surface area contributed by atoms with Crippen LogP contribution in [0.5, 0.6) is 0 Å². The van der Waals surface area contributed by atoms with Gasteiger partial charge in [-0.25, -0.2) is 4.98 Å². The first-order valence-electron chi connectivity index (χ1n) is 5.82. The zero-order chi connectivity index (χ0) is 12.0. The molecule has 0 atom stereocenters. The van der Waals surface area contributed by atoms with Crippen molar-refractivity contribution in [2.75, 3.05) is 18.8 Å². The number of carbonyl (C=O) groups is 1. The van der Waals surface area contributed by atoms with Gasteiger partial charge in [0.15, 0.2) is 0 Å². The minimum atomic E-state index is -0.635. The molecule has 1 aromatic rings. The highest BCUT2D eigenvalue weighted by atomic mass is 16.3. The van der Waals surface area contributed by atoms with Crippen LogP contribution in [0.3, 0.4) is 0 Å². The van der Waals surface area contributed by atoms with E-state index in [-0.39, 0.29) is 5.91 Å². The van der Waals surface area contributed by atoms with E-state index in [0.29, 0.717) is 30.4 Å². The summed E-state index contributed by atoms with van der Waals surface area (Å²) in [7, 11) is 0. The van der Waals surface area contributed by atoms with Crippen molar-refractivity contribution in [1.82, 2.24) is 9.88 Å². The van der Waals surface area contributed by atoms with Gasteiger partial charge in [0.2, 0.25) is 0 Å². The first kappa shape index (κ1) is 10.5. The molecule has 2 aliphatic rings. The first-order chi connectivity index (χ1) is 8.08. The summed E-state index contributed by atoms with van der Waals surface area (Å²) in [5, 5.41) is 10.1. The lowest BCUT2D eigenvalue weighted by molar-refractivity contribution is -0.0959. The van der Waals surface area contributed by atoms with Gasteiger partial charge < -0.3 is 15.7 Å². The van der Waals surface area contributed by atoms with Crippen LogP contribution in [-0.4, -0.2) is 39.6 Å². The van der Waals surface area contributed by atoms with Crippen molar-refractivity contribution >= 4 is 11.6 Å². The topological polar surface area (TPSA) is 79.5 Å². The second-order valence-corrected chi connectivity index (χ2v) is 5.02. The van der Waals surface area contributed by atoms with E-state index >= 15 is 0 Å². The van der Waals surface area contributed by atoms with Crippen LogP contribution in [0.25, 0.3) is 0 Å². The van der Waals surface area contributed by atoms with Gasteiger partial charge in [-0.1, -0.05) is 0 Å². The van der Waals surface area contributed by atoms with Gasteiger partial charge >= 0.3 is 0 Å². The molecule has 1 aromatic heterocycles. The molecule has 0 unspecified atom stereocenters. The second-order valence-electron chi connectivity index (χ2n) is 5.02. The van der Waals surface area contributed by atoms with Crippen LogP contribution in [0, 0.1) is 5.92 Å². The summed E-state index contributed by atoms with van der Waals surface area (Å²) in [6, 6.07) is 3.28. The maximum atomic E-state index is 12.0. The molecule has 0 radical (unpaired) electrons. The minimum Gasteiger partial charge on any atom is -0.397 e. The Morgan fingerprint density at radius 3 is 2.71 bits per heavy atom. The van der Waals surface area contributed by atoms with Gasteiger partial charge in [0.25, 0.3) is 5.91 Å². The molecule has 2 heterocycles. The van der Waals surface area contributed by atoms with Crippen molar-refractivity contribution < 1.29 is 9.90 Å². The van der Waals surface area contributed by atoms with E-state index in [4.69, 9.17) is 5.73 Å². The lowest BCUT2D eigenvalue weighted by Crippen LogP contribution is -2.64. The molecule has 90 valence electrons. The number of nitrogens with two attached hydrogens (primary N) is 1. The largest absolute Gasteiger partial charge is 0.397 e. The van der Waals surface area contributed by atoms with E-state index in [9.17, 15) is 9.90 Å². The molecule has 1 saturated carbocycles. The fourth-order valence-corrected chi connectivity index (χ4v) is 2.33. The van der Waals surface area contributed by atoms with Gasteiger partial charge in [0.1, 0.15) is 11.3 Å². The highest BCUT2D eigenvalue weighted by molar-refractivity contribution is 5.93. The van der Waals surface area contributed by atoms with Crippen molar-refractivity contribution in [1.29, 1.82) is 0 Å². The maximum absolute atomic E-state index is 12.0. The molecule has 0 spiro atoms. The lowest BCUT2D eigenvalue weighted by atomic mass is 9.88. The number of nitrogens with zero attached hydrogens (tertiary/aromatic N) is 2. The van der Waals surface area contributed by atoms with Crippen LogP contribution in [-0.2, 0) is 0 Å². The number of anilines is 1. The average molecular weight is 233 g/mol. The lowest BCUT2D eigenvalue weighted by Gasteiger charge is -2.46. The van der Waals surface area contributed by atoms with Crippen molar-refractivity contribution in [3.8, 4) is 0 Å².